The van der Waals surface area contributed by atoms with Crippen LogP contribution in [0.4, 0.5) is 15.9 Å². The molecule has 0 atom stereocenters. The van der Waals surface area contributed by atoms with Gasteiger partial charge in [0, 0.05) is 5.56 Å². The van der Waals surface area contributed by atoms with Crippen molar-refractivity contribution in [1.82, 2.24) is 24.6 Å². The predicted octanol–water partition coefficient (Wildman–Crippen LogP) is 2.06. The van der Waals surface area contributed by atoms with Crippen LogP contribution in [0.25, 0.3) is 22.3 Å². The van der Waals surface area contributed by atoms with Gasteiger partial charge in [-0.1, -0.05) is 6.07 Å². The summed E-state index contributed by atoms with van der Waals surface area (Å²) < 4.78 is 15.9. The summed E-state index contributed by atoms with van der Waals surface area (Å²) in [6.07, 6.45) is 3.40. The molecule has 4 rings (SSSR count). The number of nitrogens with two attached hydrogens (primary N) is 2. The lowest BCUT2D eigenvalue weighted by Gasteiger charge is -2.29. The van der Waals surface area contributed by atoms with Crippen molar-refractivity contribution in [2.24, 2.45) is 0 Å². The standard InChI is InChI=1S/C17H20FN7/c1-24-6-4-11(5-7-24)25-17-14(16(20)21-9-22-17)15(23-25)10-2-3-13(19)12(18)8-10/h2-3,8-9,11H,4-7,19H2,1H3,(H2,20,21,22). The monoisotopic (exact) mass is 341 g/mol. The van der Waals surface area contributed by atoms with Crippen molar-refractivity contribution in [3.8, 4) is 11.3 Å². The van der Waals surface area contributed by atoms with E-state index in [1.54, 1.807) is 6.07 Å². The Hall–Kier alpha value is -2.74. The second-order valence-electron chi connectivity index (χ2n) is 6.52. The Kier molecular flexibility index (Phi) is 3.76. The topological polar surface area (TPSA) is 98.9 Å². The van der Waals surface area contributed by atoms with Crippen molar-refractivity contribution < 1.29 is 4.39 Å². The molecule has 1 aromatic carbocycles. The fraction of sp³-hybridized carbons (Fsp3) is 0.353. The number of piperidine rings is 1. The summed E-state index contributed by atoms with van der Waals surface area (Å²) in [6.45, 7) is 2.00. The summed E-state index contributed by atoms with van der Waals surface area (Å²) in [7, 11) is 2.11. The van der Waals surface area contributed by atoms with E-state index in [2.05, 4.69) is 21.9 Å². The molecule has 0 unspecified atom stereocenters. The Balaban J connectivity index is 1.88. The molecular weight excluding hydrogens is 321 g/mol. The number of halogens is 1. The van der Waals surface area contributed by atoms with Crippen LogP contribution in [0.5, 0.6) is 0 Å². The molecular formula is C17H20FN7. The van der Waals surface area contributed by atoms with Crippen molar-refractivity contribution >= 4 is 22.5 Å². The summed E-state index contributed by atoms with van der Waals surface area (Å²) in [5.41, 5.74) is 13.7. The molecule has 25 heavy (non-hydrogen) atoms. The highest BCUT2D eigenvalue weighted by Gasteiger charge is 2.25. The zero-order valence-electron chi connectivity index (χ0n) is 14.0. The van der Waals surface area contributed by atoms with E-state index in [1.165, 1.54) is 18.5 Å². The first kappa shape index (κ1) is 15.8. The summed E-state index contributed by atoms with van der Waals surface area (Å²) in [5.74, 6) is -0.133. The summed E-state index contributed by atoms with van der Waals surface area (Å²) in [6, 6.07) is 4.89. The van der Waals surface area contributed by atoms with E-state index in [4.69, 9.17) is 16.6 Å². The number of hydrogen-bond donors (Lipinski definition) is 2. The smallest absolute Gasteiger partial charge is 0.164 e. The van der Waals surface area contributed by atoms with Crippen molar-refractivity contribution in [2.75, 3.05) is 31.6 Å². The summed E-state index contributed by atoms with van der Waals surface area (Å²) >= 11 is 0. The lowest BCUT2D eigenvalue weighted by atomic mass is 10.1. The van der Waals surface area contributed by atoms with Gasteiger partial charge >= 0.3 is 0 Å². The molecule has 2 aromatic heterocycles. The first-order valence-electron chi connectivity index (χ1n) is 8.27. The van der Waals surface area contributed by atoms with Crippen LogP contribution in [0.15, 0.2) is 24.5 Å². The van der Waals surface area contributed by atoms with Crippen molar-refractivity contribution in [3.05, 3.63) is 30.3 Å². The maximum atomic E-state index is 13.9. The average molecular weight is 341 g/mol. The van der Waals surface area contributed by atoms with E-state index in [9.17, 15) is 4.39 Å². The highest BCUT2D eigenvalue weighted by atomic mass is 19.1. The third-order valence-corrected chi connectivity index (χ3v) is 4.83. The lowest BCUT2D eigenvalue weighted by Crippen LogP contribution is -2.31. The van der Waals surface area contributed by atoms with Crippen LogP contribution in [0.3, 0.4) is 0 Å². The van der Waals surface area contributed by atoms with E-state index >= 15 is 0 Å². The molecule has 130 valence electrons. The third-order valence-electron chi connectivity index (χ3n) is 4.83. The quantitative estimate of drug-likeness (QED) is 0.692. The van der Waals surface area contributed by atoms with Crippen molar-refractivity contribution in [1.29, 1.82) is 0 Å². The average Bonchev–Trinajstić information content (AvgIpc) is 2.99. The molecule has 3 aromatic rings. The molecule has 1 saturated heterocycles. The van der Waals surface area contributed by atoms with Crippen LogP contribution in [0.2, 0.25) is 0 Å². The molecule has 3 heterocycles. The molecule has 0 saturated carbocycles. The van der Waals surface area contributed by atoms with Gasteiger partial charge in [-0.25, -0.2) is 19.0 Å². The number of rotatable bonds is 2. The second kappa shape index (κ2) is 5.96. The van der Waals surface area contributed by atoms with Gasteiger partial charge in [-0.15, -0.1) is 0 Å². The number of anilines is 2. The van der Waals surface area contributed by atoms with E-state index in [-0.39, 0.29) is 11.7 Å². The van der Waals surface area contributed by atoms with Crippen LogP contribution in [-0.2, 0) is 0 Å². The molecule has 0 radical (unpaired) electrons. The Morgan fingerprint density at radius 2 is 1.92 bits per heavy atom. The van der Waals surface area contributed by atoms with Gasteiger partial charge in [0.05, 0.1) is 17.1 Å². The number of nitrogen functional groups attached to an aromatic ring is 2. The number of aromatic nitrogens is 4. The number of likely N-dealkylation sites (tertiary alicyclic amines) is 1. The fourth-order valence-corrected chi connectivity index (χ4v) is 3.37. The Labute approximate surface area is 144 Å². The Morgan fingerprint density at radius 1 is 1.16 bits per heavy atom. The van der Waals surface area contributed by atoms with Gasteiger partial charge in [0.2, 0.25) is 0 Å². The molecule has 0 spiro atoms. The van der Waals surface area contributed by atoms with Crippen LogP contribution >= 0.6 is 0 Å². The SMILES string of the molecule is CN1CCC(n2nc(-c3ccc(N)c(F)c3)c3c(N)ncnc32)CC1. The molecule has 0 amide bonds. The first-order chi connectivity index (χ1) is 12.0. The highest BCUT2D eigenvalue weighted by Crippen LogP contribution is 2.34. The summed E-state index contributed by atoms with van der Waals surface area (Å²) in [5, 5.41) is 5.41. The molecule has 4 N–H and O–H groups in total. The van der Waals surface area contributed by atoms with E-state index in [1.807, 2.05) is 4.68 Å². The minimum Gasteiger partial charge on any atom is -0.396 e. The maximum Gasteiger partial charge on any atom is 0.164 e. The van der Waals surface area contributed by atoms with Crippen molar-refractivity contribution in [3.63, 3.8) is 0 Å². The Bertz CT molecular complexity index is 928. The van der Waals surface area contributed by atoms with E-state index < -0.39 is 5.82 Å². The minimum absolute atomic E-state index is 0.104. The Morgan fingerprint density at radius 3 is 2.64 bits per heavy atom. The van der Waals surface area contributed by atoms with Crippen LogP contribution in [0, 0.1) is 5.82 Å². The van der Waals surface area contributed by atoms with Gasteiger partial charge in [0.1, 0.15) is 23.7 Å². The maximum absolute atomic E-state index is 13.9. The molecule has 1 fully saturated rings. The van der Waals surface area contributed by atoms with Crippen molar-refractivity contribution in [2.45, 2.75) is 18.9 Å². The van der Waals surface area contributed by atoms with E-state index in [0.717, 1.165) is 25.9 Å². The molecule has 0 aliphatic carbocycles. The molecule has 8 heteroatoms. The minimum atomic E-state index is -0.477. The van der Waals surface area contributed by atoms with Gasteiger partial charge in [0.25, 0.3) is 0 Å². The largest absolute Gasteiger partial charge is 0.396 e. The summed E-state index contributed by atoms with van der Waals surface area (Å²) in [4.78, 5) is 10.8. The predicted molar refractivity (Wildman–Crippen MR) is 95.3 cm³/mol. The van der Waals surface area contributed by atoms with Gasteiger partial charge in [-0.05, 0) is 45.1 Å². The van der Waals surface area contributed by atoms with Crippen LogP contribution < -0.4 is 11.5 Å². The molecule has 0 bridgehead atoms. The van der Waals surface area contributed by atoms with Crippen LogP contribution in [0.1, 0.15) is 18.9 Å². The first-order valence-corrected chi connectivity index (χ1v) is 8.27. The number of benzene rings is 1. The zero-order valence-corrected chi connectivity index (χ0v) is 14.0. The van der Waals surface area contributed by atoms with Crippen LogP contribution in [-0.4, -0.2) is 44.8 Å². The number of hydrogen-bond acceptors (Lipinski definition) is 6. The lowest BCUT2D eigenvalue weighted by molar-refractivity contribution is 0.215. The van der Waals surface area contributed by atoms with Gasteiger partial charge in [-0.3, -0.25) is 0 Å². The van der Waals surface area contributed by atoms with E-state index in [0.29, 0.717) is 28.1 Å². The normalized spacial score (nSPS) is 16.6. The molecule has 1 aliphatic heterocycles. The van der Waals surface area contributed by atoms with Gasteiger partial charge < -0.3 is 16.4 Å². The number of nitrogens with zero attached hydrogens (tertiary/aromatic N) is 5. The van der Waals surface area contributed by atoms with Gasteiger partial charge in [-0.2, -0.15) is 5.10 Å². The highest BCUT2D eigenvalue weighted by molar-refractivity contribution is 5.98. The second-order valence-corrected chi connectivity index (χ2v) is 6.52. The number of fused-ring (bicyclic) bond motifs is 1. The van der Waals surface area contributed by atoms with Gasteiger partial charge in [0.15, 0.2) is 5.65 Å². The fourth-order valence-electron chi connectivity index (χ4n) is 3.37. The zero-order chi connectivity index (χ0) is 17.6. The molecule has 7 nitrogen and oxygen atoms in total. The molecule has 1 aliphatic rings. The third kappa shape index (κ3) is 2.68.